The molecule has 0 bridgehead atoms. The van der Waals surface area contributed by atoms with Gasteiger partial charge in [0.1, 0.15) is 5.01 Å². The number of aromatic nitrogens is 2. The van der Waals surface area contributed by atoms with Gasteiger partial charge in [0.25, 0.3) is 0 Å². The molecular weight excluding hydrogens is 334 g/mol. The van der Waals surface area contributed by atoms with Crippen LogP contribution in [0.25, 0.3) is 20.9 Å². The normalized spacial score (nSPS) is 11.4. The number of thiazole rings is 1. The fourth-order valence-corrected chi connectivity index (χ4v) is 3.49. The number of hydrogen-bond acceptors (Lipinski definition) is 5. The van der Waals surface area contributed by atoms with Crippen molar-refractivity contribution in [1.29, 1.82) is 0 Å². The number of para-hydroxylation sites is 2. The Hall–Kier alpha value is -2.50. The summed E-state index contributed by atoms with van der Waals surface area (Å²) in [5.74, 6) is 0. The third-order valence-electron chi connectivity index (χ3n) is 3.50. The number of fused-ring (bicyclic) bond motifs is 1. The van der Waals surface area contributed by atoms with Crippen LogP contribution in [0.1, 0.15) is 5.69 Å². The second-order valence-corrected chi connectivity index (χ2v) is 6.69. The van der Waals surface area contributed by atoms with Crippen molar-refractivity contribution in [1.82, 2.24) is 9.97 Å². The van der Waals surface area contributed by atoms with Gasteiger partial charge >= 0.3 is 0 Å². The predicted molar refractivity (Wildman–Crippen MR) is 104 cm³/mol. The summed E-state index contributed by atoms with van der Waals surface area (Å²) < 4.78 is 1.16. The molecule has 0 unspecified atom stereocenters. The number of nitrogens with zero attached hydrogens (tertiary/aromatic N) is 3. The smallest absolute Gasteiger partial charge is 0.143 e. The van der Waals surface area contributed by atoms with Crippen molar-refractivity contribution in [3.63, 3.8) is 0 Å². The third kappa shape index (κ3) is 3.09. The van der Waals surface area contributed by atoms with Crippen LogP contribution in [-0.4, -0.2) is 16.2 Å². The Morgan fingerprint density at radius 1 is 0.875 bits per heavy atom. The van der Waals surface area contributed by atoms with E-state index in [9.17, 15) is 0 Å². The molecule has 116 valence electrons. The van der Waals surface area contributed by atoms with Crippen LogP contribution in [-0.2, 0) is 0 Å². The molecule has 2 aromatic carbocycles. The third-order valence-corrected chi connectivity index (χ3v) is 4.94. The first-order valence-corrected chi connectivity index (χ1v) is 8.71. The van der Waals surface area contributed by atoms with Crippen molar-refractivity contribution >= 4 is 46.1 Å². The minimum atomic E-state index is 0.795. The van der Waals surface area contributed by atoms with Crippen LogP contribution in [0.15, 0.2) is 76.6 Å². The van der Waals surface area contributed by atoms with Crippen molar-refractivity contribution in [3.05, 3.63) is 72.4 Å². The number of hydrogen-bond donors (Lipinski definition) is 1. The van der Waals surface area contributed by atoms with Crippen molar-refractivity contribution in [3.8, 4) is 10.7 Å². The van der Waals surface area contributed by atoms with Crippen LogP contribution < -0.4 is 0 Å². The fraction of sp³-hybridized carbons (Fsp3) is 0. The van der Waals surface area contributed by atoms with E-state index < -0.39 is 0 Å². The first-order valence-electron chi connectivity index (χ1n) is 7.45. The maximum atomic E-state index is 4.66. The molecule has 5 heteroatoms. The summed E-state index contributed by atoms with van der Waals surface area (Å²) in [4.78, 5) is 14.6. The van der Waals surface area contributed by atoms with Gasteiger partial charge in [-0.3, -0.25) is 4.99 Å². The molecule has 0 spiro atoms. The summed E-state index contributed by atoms with van der Waals surface area (Å²) >= 11 is 6.05. The molecule has 0 saturated heterocycles. The predicted octanol–water partition coefficient (Wildman–Crippen LogP) is 5.40. The molecular formula is C19H13N3S2. The van der Waals surface area contributed by atoms with Crippen molar-refractivity contribution in [2.75, 3.05) is 0 Å². The molecule has 0 radical (unpaired) electrons. The maximum absolute atomic E-state index is 4.66. The summed E-state index contributed by atoms with van der Waals surface area (Å²) in [6, 6.07) is 21.7. The van der Waals surface area contributed by atoms with E-state index in [1.807, 2.05) is 60.7 Å². The van der Waals surface area contributed by atoms with E-state index in [2.05, 4.69) is 33.7 Å². The zero-order valence-electron chi connectivity index (χ0n) is 12.6. The van der Waals surface area contributed by atoms with Gasteiger partial charge in [0.05, 0.1) is 33.5 Å². The van der Waals surface area contributed by atoms with E-state index in [4.69, 9.17) is 0 Å². The largest absolute Gasteiger partial charge is 0.253 e. The van der Waals surface area contributed by atoms with Gasteiger partial charge in [-0.1, -0.05) is 30.3 Å². The van der Waals surface area contributed by atoms with Gasteiger partial charge in [0.15, 0.2) is 0 Å². The Labute approximate surface area is 149 Å². The van der Waals surface area contributed by atoms with Gasteiger partial charge in [-0.15, -0.1) is 24.0 Å². The molecule has 4 rings (SSSR count). The second kappa shape index (κ2) is 6.55. The van der Waals surface area contributed by atoms with Gasteiger partial charge in [-0.25, -0.2) is 9.97 Å². The summed E-state index contributed by atoms with van der Waals surface area (Å²) in [6.45, 7) is 0. The van der Waals surface area contributed by atoms with Gasteiger partial charge in [-0.2, -0.15) is 0 Å². The molecule has 2 aromatic heterocycles. The first-order chi connectivity index (χ1) is 11.8. The number of benzene rings is 2. The number of pyridine rings is 1. The van der Waals surface area contributed by atoms with Gasteiger partial charge in [0, 0.05) is 4.90 Å². The number of thiol groups is 1. The molecule has 0 N–H and O–H groups in total. The highest BCUT2D eigenvalue weighted by Gasteiger charge is 2.07. The highest BCUT2D eigenvalue weighted by Crippen LogP contribution is 2.28. The van der Waals surface area contributed by atoms with Crippen LogP contribution in [0.2, 0.25) is 0 Å². The minimum absolute atomic E-state index is 0.795. The summed E-state index contributed by atoms with van der Waals surface area (Å²) in [5.41, 5.74) is 3.48. The quantitative estimate of drug-likeness (QED) is 0.398. The van der Waals surface area contributed by atoms with Crippen LogP contribution in [0.4, 0.5) is 5.69 Å². The molecule has 0 aliphatic carbocycles. The SMILES string of the molecule is Sc1ccccc1N=Cc1cccc(-c2nc3ccccc3s2)n1. The Morgan fingerprint density at radius 3 is 2.58 bits per heavy atom. The standard InChI is InChI=1S/C19H13N3S2/c23-17-10-3-1-7-14(17)20-12-13-6-5-9-16(21-13)19-22-15-8-2-4-11-18(15)24-19/h1-12,23H. The van der Waals surface area contributed by atoms with Crippen LogP contribution >= 0.6 is 24.0 Å². The average molecular weight is 347 g/mol. The van der Waals surface area contributed by atoms with Crippen molar-refractivity contribution in [2.24, 2.45) is 4.99 Å². The molecule has 0 atom stereocenters. The lowest BCUT2D eigenvalue weighted by atomic mass is 10.3. The molecule has 0 aliphatic rings. The zero-order valence-corrected chi connectivity index (χ0v) is 14.3. The molecule has 0 aliphatic heterocycles. The van der Waals surface area contributed by atoms with E-state index >= 15 is 0 Å². The Bertz CT molecular complexity index is 1000. The first kappa shape index (κ1) is 15.1. The molecule has 24 heavy (non-hydrogen) atoms. The van der Waals surface area contributed by atoms with Gasteiger partial charge in [0.2, 0.25) is 0 Å². The lowest BCUT2D eigenvalue weighted by Gasteiger charge is -1.99. The Balaban J connectivity index is 1.67. The Kier molecular flexibility index (Phi) is 4.11. The molecule has 0 fully saturated rings. The topological polar surface area (TPSA) is 38.1 Å². The monoisotopic (exact) mass is 347 g/mol. The molecule has 0 saturated carbocycles. The number of aliphatic imine (C=N–C) groups is 1. The van der Waals surface area contributed by atoms with Crippen LogP contribution in [0, 0.1) is 0 Å². The highest BCUT2D eigenvalue weighted by molar-refractivity contribution is 7.80. The van der Waals surface area contributed by atoms with Crippen LogP contribution in [0.5, 0.6) is 0 Å². The zero-order chi connectivity index (χ0) is 16.4. The van der Waals surface area contributed by atoms with E-state index in [0.717, 1.165) is 37.2 Å². The highest BCUT2D eigenvalue weighted by atomic mass is 32.1. The van der Waals surface area contributed by atoms with Gasteiger partial charge < -0.3 is 0 Å². The van der Waals surface area contributed by atoms with E-state index in [1.54, 1.807) is 17.6 Å². The lowest BCUT2D eigenvalue weighted by molar-refractivity contribution is 1.28. The molecule has 4 aromatic rings. The summed E-state index contributed by atoms with van der Waals surface area (Å²) in [5, 5.41) is 0.918. The number of rotatable bonds is 3. The fourth-order valence-electron chi connectivity index (χ4n) is 2.33. The summed E-state index contributed by atoms with van der Waals surface area (Å²) in [7, 11) is 0. The maximum Gasteiger partial charge on any atom is 0.143 e. The molecule has 3 nitrogen and oxygen atoms in total. The lowest BCUT2D eigenvalue weighted by Crippen LogP contribution is -1.90. The van der Waals surface area contributed by atoms with Gasteiger partial charge in [-0.05, 0) is 36.4 Å². The van der Waals surface area contributed by atoms with E-state index in [0.29, 0.717) is 0 Å². The summed E-state index contributed by atoms with van der Waals surface area (Å²) in [6.07, 6.45) is 1.76. The van der Waals surface area contributed by atoms with E-state index in [1.165, 1.54) is 0 Å². The second-order valence-electron chi connectivity index (χ2n) is 5.18. The Morgan fingerprint density at radius 2 is 1.71 bits per heavy atom. The molecule has 2 heterocycles. The van der Waals surface area contributed by atoms with Crippen molar-refractivity contribution in [2.45, 2.75) is 4.90 Å². The van der Waals surface area contributed by atoms with Crippen LogP contribution in [0.3, 0.4) is 0 Å². The molecule has 0 amide bonds. The van der Waals surface area contributed by atoms with E-state index in [-0.39, 0.29) is 0 Å². The van der Waals surface area contributed by atoms with Crippen molar-refractivity contribution < 1.29 is 0 Å². The average Bonchev–Trinajstić information content (AvgIpc) is 3.06. The minimum Gasteiger partial charge on any atom is -0.253 e.